The van der Waals surface area contributed by atoms with Gasteiger partial charge in [-0.15, -0.1) is 0 Å². The van der Waals surface area contributed by atoms with Crippen LogP contribution in [0.4, 0.5) is 0 Å². The zero-order chi connectivity index (χ0) is 15.9. The molecule has 0 amide bonds. The average molecular weight is 385 g/mol. The van der Waals surface area contributed by atoms with Crippen LogP contribution in [-0.2, 0) is 9.47 Å². The van der Waals surface area contributed by atoms with Crippen molar-refractivity contribution in [1.29, 1.82) is 0 Å². The van der Waals surface area contributed by atoms with E-state index in [2.05, 4.69) is 0 Å². The second-order valence-corrected chi connectivity index (χ2v) is 8.30. The first-order valence-electron chi connectivity index (χ1n) is 7.00. The molecule has 6 nitrogen and oxygen atoms in total. The SMILES string of the molecule is OCC1COCCN1C(=S)SSC(=S)N1CCOCC1CO. The minimum atomic E-state index is -0.0866. The van der Waals surface area contributed by atoms with Crippen LogP contribution in [0, 0.1) is 0 Å². The Kier molecular flexibility index (Phi) is 8.12. The summed E-state index contributed by atoms with van der Waals surface area (Å²) in [4.78, 5) is 3.98. The molecule has 2 heterocycles. The Morgan fingerprint density at radius 2 is 1.32 bits per heavy atom. The van der Waals surface area contributed by atoms with Gasteiger partial charge in [0.2, 0.25) is 0 Å². The van der Waals surface area contributed by atoms with E-state index in [0.717, 1.165) is 0 Å². The number of aliphatic hydroxyl groups is 2. The second kappa shape index (κ2) is 9.58. The zero-order valence-electron chi connectivity index (χ0n) is 12.0. The van der Waals surface area contributed by atoms with Gasteiger partial charge in [0.05, 0.1) is 51.7 Å². The van der Waals surface area contributed by atoms with E-state index < -0.39 is 0 Å². The predicted octanol–water partition coefficient (Wildman–Crippen LogP) is 0.324. The molecule has 2 rings (SSSR count). The number of aliphatic hydroxyl groups excluding tert-OH is 2. The van der Waals surface area contributed by atoms with Crippen LogP contribution in [0.25, 0.3) is 0 Å². The molecule has 2 aliphatic heterocycles. The number of nitrogens with zero attached hydrogens (tertiary/aromatic N) is 2. The van der Waals surface area contributed by atoms with Crippen LogP contribution in [0.1, 0.15) is 0 Å². The molecule has 0 aromatic carbocycles. The average Bonchev–Trinajstić information content (AvgIpc) is 2.59. The molecule has 0 spiro atoms. The Bertz CT molecular complexity index is 365. The first-order valence-corrected chi connectivity index (χ1v) is 9.97. The Morgan fingerprint density at radius 3 is 1.68 bits per heavy atom. The summed E-state index contributed by atoms with van der Waals surface area (Å²) in [6.07, 6.45) is 0. The summed E-state index contributed by atoms with van der Waals surface area (Å²) >= 11 is 10.9. The van der Waals surface area contributed by atoms with Gasteiger partial charge in [-0.2, -0.15) is 0 Å². The molecule has 2 aliphatic rings. The van der Waals surface area contributed by atoms with Gasteiger partial charge in [-0.05, 0) is 21.6 Å². The number of morpholine rings is 2. The van der Waals surface area contributed by atoms with Gasteiger partial charge in [0.1, 0.15) is 8.64 Å². The molecule has 2 fully saturated rings. The smallest absolute Gasteiger partial charge is 0.147 e. The number of ether oxygens (including phenoxy) is 2. The maximum absolute atomic E-state index is 9.39. The quantitative estimate of drug-likeness (QED) is 0.514. The van der Waals surface area contributed by atoms with Crippen molar-refractivity contribution in [3.8, 4) is 0 Å². The topological polar surface area (TPSA) is 65.4 Å². The van der Waals surface area contributed by atoms with E-state index in [9.17, 15) is 10.2 Å². The molecule has 2 unspecified atom stereocenters. The van der Waals surface area contributed by atoms with Crippen LogP contribution in [0.3, 0.4) is 0 Å². The van der Waals surface area contributed by atoms with Gasteiger partial charge in [0.15, 0.2) is 0 Å². The Labute approximate surface area is 148 Å². The van der Waals surface area contributed by atoms with Gasteiger partial charge < -0.3 is 29.5 Å². The summed E-state index contributed by atoms with van der Waals surface area (Å²) in [6, 6.07) is -0.173. The summed E-state index contributed by atoms with van der Waals surface area (Å²) in [7, 11) is 2.84. The summed E-state index contributed by atoms with van der Waals surface area (Å²) in [5.74, 6) is 0. The number of hydrogen-bond donors (Lipinski definition) is 2. The Balaban J connectivity index is 1.83. The van der Waals surface area contributed by atoms with Crippen molar-refractivity contribution in [2.45, 2.75) is 12.1 Å². The fraction of sp³-hybridized carbons (Fsp3) is 0.833. The monoisotopic (exact) mass is 384 g/mol. The molecule has 10 heteroatoms. The van der Waals surface area contributed by atoms with E-state index in [0.29, 0.717) is 48.2 Å². The number of hydrogen-bond acceptors (Lipinski definition) is 8. The van der Waals surface area contributed by atoms with Crippen molar-refractivity contribution in [3.63, 3.8) is 0 Å². The second-order valence-electron chi connectivity index (χ2n) is 4.91. The summed E-state index contributed by atoms with van der Waals surface area (Å²) < 4.78 is 12.1. The van der Waals surface area contributed by atoms with Gasteiger partial charge in [-0.25, -0.2) is 0 Å². The Morgan fingerprint density at radius 1 is 0.909 bits per heavy atom. The largest absolute Gasteiger partial charge is 0.394 e. The highest BCUT2D eigenvalue weighted by Crippen LogP contribution is 2.31. The normalized spacial score (nSPS) is 26.1. The summed E-state index contributed by atoms with van der Waals surface area (Å²) in [5, 5.41) is 18.8. The van der Waals surface area contributed by atoms with Crippen LogP contribution in [-0.4, -0.2) is 93.5 Å². The van der Waals surface area contributed by atoms with Gasteiger partial charge in [-0.1, -0.05) is 24.4 Å². The zero-order valence-corrected chi connectivity index (χ0v) is 15.3. The van der Waals surface area contributed by atoms with Crippen molar-refractivity contribution >= 4 is 54.7 Å². The van der Waals surface area contributed by atoms with E-state index in [1.54, 1.807) is 0 Å². The molecule has 0 radical (unpaired) electrons. The van der Waals surface area contributed by atoms with Gasteiger partial charge in [0.25, 0.3) is 0 Å². The van der Waals surface area contributed by atoms with E-state index in [4.69, 9.17) is 33.9 Å². The molecule has 0 bridgehead atoms. The number of thiocarbonyl (C=S) groups is 2. The molecule has 0 aliphatic carbocycles. The molecular formula is C12H20N2O4S4. The summed E-state index contributed by atoms with van der Waals surface area (Å²) in [5.41, 5.74) is 0. The lowest BCUT2D eigenvalue weighted by atomic mass is 10.2. The molecule has 2 saturated heterocycles. The maximum atomic E-state index is 9.39. The molecule has 2 atom stereocenters. The first kappa shape index (κ1) is 18.7. The third kappa shape index (κ3) is 4.91. The molecule has 0 saturated carbocycles. The van der Waals surface area contributed by atoms with Crippen LogP contribution in [0.5, 0.6) is 0 Å². The molecule has 0 aromatic rings. The van der Waals surface area contributed by atoms with E-state index in [1.165, 1.54) is 21.6 Å². The summed E-state index contributed by atoms with van der Waals surface area (Å²) in [6.45, 7) is 3.61. The van der Waals surface area contributed by atoms with Crippen LogP contribution in [0.2, 0.25) is 0 Å². The van der Waals surface area contributed by atoms with Gasteiger partial charge in [0, 0.05) is 13.1 Å². The lowest BCUT2D eigenvalue weighted by Gasteiger charge is -2.37. The van der Waals surface area contributed by atoms with Crippen molar-refractivity contribution < 1.29 is 19.7 Å². The van der Waals surface area contributed by atoms with Crippen LogP contribution >= 0.6 is 46.0 Å². The minimum absolute atomic E-state index is 0.0197. The lowest BCUT2D eigenvalue weighted by Crippen LogP contribution is -2.49. The van der Waals surface area contributed by atoms with Crippen molar-refractivity contribution in [3.05, 3.63) is 0 Å². The molecular weight excluding hydrogens is 364 g/mol. The van der Waals surface area contributed by atoms with Crippen molar-refractivity contribution in [2.24, 2.45) is 0 Å². The van der Waals surface area contributed by atoms with E-state index in [-0.39, 0.29) is 25.3 Å². The first-order chi connectivity index (χ1) is 10.7. The third-order valence-electron chi connectivity index (χ3n) is 3.53. The van der Waals surface area contributed by atoms with Crippen LogP contribution < -0.4 is 0 Å². The van der Waals surface area contributed by atoms with E-state index >= 15 is 0 Å². The van der Waals surface area contributed by atoms with Crippen molar-refractivity contribution in [2.75, 3.05) is 52.7 Å². The molecule has 0 aromatic heterocycles. The highest BCUT2D eigenvalue weighted by Gasteiger charge is 2.28. The fourth-order valence-corrected chi connectivity index (χ4v) is 5.17. The highest BCUT2D eigenvalue weighted by atomic mass is 33.1. The molecule has 2 N–H and O–H groups in total. The lowest BCUT2D eigenvalue weighted by molar-refractivity contribution is 0.00704. The Hall–Kier alpha value is 0.320. The minimum Gasteiger partial charge on any atom is -0.394 e. The standard InChI is InChI=1S/C12H20N2O4S4/c15-5-9-7-17-3-1-13(9)11(19)21-22-12(20)14-2-4-18-8-10(14)6-16/h9-10,15-16H,1-8H2. The maximum Gasteiger partial charge on any atom is 0.147 e. The fourth-order valence-electron chi connectivity index (χ4n) is 2.26. The molecule has 22 heavy (non-hydrogen) atoms. The highest BCUT2D eigenvalue weighted by molar-refractivity contribution is 8.89. The van der Waals surface area contributed by atoms with E-state index in [1.807, 2.05) is 9.80 Å². The van der Waals surface area contributed by atoms with Gasteiger partial charge in [-0.3, -0.25) is 0 Å². The van der Waals surface area contributed by atoms with Gasteiger partial charge >= 0.3 is 0 Å². The number of rotatable bonds is 2. The van der Waals surface area contributed by atoms with Crippen molar-refractivity contribution in [1.82, 2.24) is 9.80 Å². The predicted molar refractivity (Wildman–Crippen MR) is 97.2 cm³/mol. The van der Waals surface area contributed by atoms with Crippen LogP contribution in [0.15, 0.2) is 0 Å². The molecule has 126 valence electrons. The third-order valence-corrected chi connectivity index (χ3v) is 7.17.